The average Bonchev–Trinajstić information content (AvgIpc) is 2.72. The van der Waals surface area contributed by atoms with Crippen molar-refractivity contribution in [3.63, 3.8) is 0 Å². The molecule has 7 nitrogen and oxygen atoms in total. The summed E-state index contributed by atoms with van der Waals surface area (Å²) in [6.45, 7) is 4.18. The molecule has 2 rings (SSSR count). The number of benzene rings is 1. The summed E-state index contributed by atoms with van der Waals surface area (Å²) < 4.78 is 0. The van der Waals surface area contributed by atoms with Crippen LogP contribution in [0.2, 0.25) is 0 Å². The third kappa shape index (κ3) is 3.50. The molecule has 4 amide bonds. The fourth-order valence-corrected chi connectivity index (χ4v) is 2.45. The molecule has 1 unspecified atom stereocenters. The third-order valence-corrected chi connectivity index (χ3v) is 3.91. The Bertz CT molecular complexity index is 614. The topological polar surface area (TPSA) is 105 Å². The van der Waals surface area contributed by atoms with Crippen LogP contribution in [-0.2, 0) is 15.1 Å². The molecule has 4 N–H and O–H groups in total. The lowest BCUT2D eigenvalue weighted by Crippen LogP contribution is -2.43. The van der Waals surface area contributed by atoms with Crippen LogP contribution in [0.5, 0.6) is 0 Å². The van der Waals surface area contributed by atoms with Gasteiger partial charge in [-0.2, -0.15) is 0 Å². The first-order valence-electron chi connectivity index (χ1n) is 7.56. The van der Waals surface area contributed by atoms with Crippen molar-refractivity contribution < 1.29 is 14.4 Å². The highest BCUT2D eigenvalue weighted by Gasteiger charge is 2.49. The Morgan fingerprint density at radius 2 is 1.96 bits per heavy atom. The zero-order chi connectivity index (χ0) is 17.0. The lowest BCUT2D eigenvalue weighted by atomic mass is 9.91. The van der Waals surface area contributed by atoms with Gasteiger partial charge in [0.25, 0.3) is 5.91 Å². The lowest BCUT2D eigenvalue weighted by Gasteiger charge is -2.22. The number of aryl methyl sites for hydroxylation is 1. The largest absolute Gasteiger partial charge is 0.354 e. The minimum absolute atomic E-state index is 0.295. The van der Waals surface area contributed by atoms with Crippen molar-refractivity contribution in [2.45, 2.75) is 25.8 Å². The molecular formula is C16H22N4O3. The van der Waals surface area contributed by atoms with E-state index in [0.29, 0.717) is 25.1 Å². The maximum absolute atomic E-state index is 12.6. The summed E-state index contributed by atoms with van der Waals surface area (Å²) in [5.41, 5.74) is 5.95. The van der Waals surface area contributed by atoms with Crippen LogP contribution < -0.4 is 16.4 Å². The summed E-state index contributed by atoms with van der Waals surface area (Å²) in [6.07, 6.45) is 0.646. The summed E-state index contributed by atoms with van der Waals surface area (Å²) in [7, 11) is 0. The van der Waals surface area contributed by atoms with E-state index in [0.717, 1.165) is 10.5 Å². The molecule has 1 saturated heterocycles. The Morgan fingerprint density at radius 1 is 1.30 bits per heavy atom. The monoisotopic (exact) mass is 318 g/mol. The van der Waals surface area contributed by atoms with E-state index in [1.165, 1.54) is 0 Å². The van der Waals surface area contributed by atoms with Crippen LogP contribution in [0.3, 0.4) is 0 Å². The Balaban J connectivity index is 2.10. The fraction of sp³-hybridized carbons (Fsp3) is 0.438. The smallest absolute Gasteiger partial charge is 0.325 e. The quantitative estimate of drug-likeness (QED) is 0.516. The van der Waals surface area contributed by atoms with Gasteiger partial charge in [0.2, 0.25) is 5.91 Å². The van der Waals surface area contributed by atoms with Crippen LogP contribution in [0.15, 0.2) is 24.3 Å². The van der Waals surface area contributed by atoms with Gasteiger partial charge < -0.3 is 16.4 Å². The van der Waals surface area contributed by atoms with Crippen molar-refractivity contribution in [3.8, 4) is 0 Å². The minimum Gasteiger partial charge on any atom is -0.354 e. The van der Waals surface area contributed by atoms with Gasteiger partial charge in [0.1, 0.15) is 12.1 Å². The van der Waals surface area contributed by atoms with Gasteiger partial charge in [-0.25, -0.2) is 4.79 Å². The molecule has 1 atom stereocenters. The minimum atomic E-state index is -1.15. The van der Waals surface area contributed by atoms with Crippen LogP contribution in [-0.4, -0.2) is 42.4 Å². The number of amides is 4. The number of rotatable bonds is 6. The number of carbonyl (C=O) groups excluding carboxylic acids is 3. The van der Waals surface area contributed by atoms with Crippen LogP contribution in [0, 0.1) is 6.92 Å². The van der Waals surface area contributed by atoms with Gasteiger partial charge in [0.05, 0.1) is 0 Å². The number of urea groups is 1. The first-order chi connectivity index (χ1) is 10.9. The molecule has 0 radical (unpaired) electrons. The average molecular weight is 318 g/mol. The van der Waals surface area contributed by atoms with Crippen molar-refractivity contribution in [1.82, 2.24) is 15.5 Å². The van der Waals surface area contributed by atoms with E-state index in [4.69, 9.17) is 5.73 Å². The second-order valence-corrected chi connectivity index (χ2v) is 5.80. The number of nitrogens with one attached hydrogen (secondary N) is 2. The third-order valence-electron chi connectivity index (χ3n) is 3.91. The van der Waals surface area contributed by atoms with Gasteiger partial charge in [-0.15, -0.1) is 0 Å². The van der Waals surface area contributed by atoms with Crippen molar-refractivity contribution in [3.05, 3.63) is 35.4 Å². The number of nitrogens with zero attached hydrogens (tertiary/aromatic N) is 1. The molecule has 1 aliphatic rings. The highest BCUT2D eigenvalue weighted by molar-refractivity contribution is 6.09. The zero-order valence-electron chi connectivity index (χ0n) is 13.4. The standard InChI is InChI=1S/C16H22N4O3/c1-11-4-6-12(7-5-11)16(2)14(22)20(15(23)19-16)10-13(21)18-9-3-8-17/h4-7H,3,8-10,17H2,1-2H3,(H,18,21)(H,19,23). The lowest BCUT2D eigenvalue weighted by molar-refractivity contribution is -0.134. The number of hydrogen-bond acceptors (Lipinski definition) is 4. The number of carbonyl (C=O) groups is 3. The Labute approximate surface area is 135 Å². The van der Waals surface area contributed by atoms with Crippen LogP contribution in [0.4, 0.5) is 4.79 Å². The fourth-order valence-electron chi connectivity index (χ4n) is 2.45. The predicted molar refractivity (Wildman–Crippen MR) is 85.5 cm³/mol. The first kappa shape index (κ1) is 17.0. The van der Waals surface area contributed by atoms with E-state index in [1.54, 1.807) is 19.1 Å². The van der Waals surface area contributed by atoms with Gasteiger partial charge >= 0.3 is 6.03 Å². The summed E-state index contributed by atoms with van der Waals surface area (Å²) in [5.74, 6) is -0.810. The maximum atomic E-state index is 12.6. The van der Waals surface area contributed by atoms with Crippen LogP contribution in [0.25, 0.3) is 0 Å². The SMILES string of the molecule is Cc1ccc(C2(C)NC(=O)N(CC(=O)NCCCN)C2=O)cc1. The molecular weight excluding hydrogens is 296 g/mol. The van der Waals surface area contributed by atoms with Gasteiger partial charge in [0, 0.05) is 6.54 Å². The number of imide groups is 1. The molecule has 0 saturated carbocycles. The number of nitrogens with two attached hydrogens (primary N) is 1. The van der Waals surface area contributed by atoms with Crippen molar-refractivity contribution in [2.75, 3.05) is 19.6 Å². The van der Waals surface area contributed by atoms with Crippen molar-refractivity contribution >= 4 is 17.8 Å². The van der Waals surface area contributed by atoms with E-state index < -0.39 is 17.5 Å². The summed E-state index contributed by atoms with van der Waals surface area (Å²) >= 11 is 0. The summed E-state index contributed by atoms with van der Waals surface area (Å²) in [6, 6.07) is 6.80. The molecule has 124 valence electrons. The number of hydrogen-bond donors (Lipinski definition) is 3. The molecule has 0 aromatic heterocycles. The summed E-state index contributed by atoms with van der Waals surface area (Å²) in [5, 5.41) is 5.31. The van der Waals surface area contributed by atoms with Crippen LogP contribution in [0.1, 0.15) is 24.5 Å². The Morgan fingerprint density at radius 3 is 2.57 bits per heavy atom. The van der Waals surface area contributed by atoms with Gasteiger partial charge in [0.15, 0.2) is 0 Å². The van der Waals surface area contributed by atoms with E-state index in [9.17, 15) is 14.4 Å². The second-order valence-electron chi connectivity index (χ2n) is 5.80. The van der Waals surface area contributed by atoms with Gasteiger partial charge in [-0.05, 0) is 32.4 Å². The molecule has 0 aliphatic carbocycles. The molecule has 0 bridgehead atoms. The molecule has 0 spiro atoms. The molecule has 7 heteroatoms. The van der Waals surface area contributed by atoms with E-state index in [2.05, 4.69) is 10.6 Å². The van der Waals surface area contributed by atoms with Crippen molar-refractivity contribution in [2.24, 2.45) is 5.73 Å². The normalized spacial score (nSPS) is 20.6. The van der Waals surface area contributed by atoms with Gasteiger partial charge in [-0.1, -0.05) is 29.8 Å². The predicted octanol–water partition coefficient (Wildman–Crippen LogP) is 0.227. The molecule has 23 heavy (non-hydrogen) atoms. The first-order valence-corrected chi connectivity index (χ1v) is 7.56. The van der Waals surface area contributed by atoms with E-state index in [1.807, 2.05) is 19.1 Å². The second kappa shape index (κ2) is 6.78. The highest BCUT2D eigenvalue weighted by atomic mass is 16.2. The molecule has 1 aromatic carbocycles. The van der Waals surface area contributed by atoms with Crippen LogP contribution >= 0.6 is 0 Å². The summed E-state index contributed by atoms with van der Waals surface area (Å²) in [4.78, 5) is 37.5. The van der Waals surface area contributed by atoms with E-state index >= 15 is 0 Å². The molecule has 1 aromatic rings. The Kier molecular flexibility index (Phi) is 5.00. The highest BCUT2D eigenvalue weighted by Crippen LogP contribution is 2.28. The Hall–Kier alpha value is -2.41. The zero-order valence-corrected chi connectivity index (χ0v) is 13.4. The maximum Gasteiger partial charge on any atom is 0.325 e. The molecule has 1 heterocycles. The molecule has 1 aliphatic heterocycles. The van der Waals surface area contributed by atoms with E-state index in [-0.39, 0.29) is 12.5 Å². The molecule has 1 fully saturated rings. The van der Waals surface area contributed by atoms with Gasteiger partial charge in [-0.3, -0.25) is 14.5 Å². The van der Waals surface area contributed by atoms with Crippen molar-refractivity contribution in [1.29, 1.82) is 0 Å².